The van der Waals surface area contributed by atoms with Crippen LogP contribution in [0.5, 0.6) is 0 Å². The van der Waals surface area contributed by atoms with Crippen molar-refractivity contribution >= 4 is 12.1 Å². The van der Waals surface area contributed by atoms with Crippen molar-refractivity contribution in [2.45, 2.75) is 26.7 Å². The Labute approximate surface area is 108 Å². The summed E-state index contributed by atoms with van der Waals surface area (Å²) in [6.45, 7) is 5.85. The van der Waals surface area contributed by atoms with E-state index in [2.05, 4.69) is 19.2 Å². The number of allylic oxidation sites excluding steroid dienone is 3. The molecule has 1 aliphatic rings. The molecule has 0 fully saturated rings. The minimum absolute atomic E-state index is 0.0434. The summed E-state index contributed by atoms with van der Waals surface area (Å²) in [4.78, 5) is 21.5. The third kappa shape index (κ3) is 5.77. The van der Waals surface area contributed by atoms with Gasteiger partial charge in [0.05, 0.1) is 13.2 Å². The standard InChI is InChI=1S/C14H21NO3/c1-14(2)10-12(9-13(17)11-14)15-5-8-18-7-4-3-6-16/h3-4,6,9,15H,5,7-8,10-11H2,1-2H3/b4-3-. The first-order valence-electron chi connectivity index (χ1n) is 6.19. The molecule has 0 aromatic heterocycles. The molecule has 1 aliphatic carbocycles. The molecule has 1 rings (SSSR count). The van der Waals surface area contributed by atoms with Crippen LogP contribution in [0.2, 0.25) is 0 Å². The normalized spacial score (nSPS) is 18.8. The van der Waals surface area contributed by atoms with Crippen LogP contribution in [0.3, 0.4) is 0 Å². The molecule has 0 bridgehead atoms. The lowest BCUT2D eigenvalue weighted by Crippen LogP contribution is -2.29. The predicted molar refractivity (Wildman–Crippen MR) is 70.1 cm³/mol. The van der Waals surface area contributed by atoms with Gasteiger partial charge in [0.1, 0.15) is 6.29 Å². The number of rotatable bonds is 7. The smallest absolute Gasteiger partial charge is 0.157 e. The highest BCUT2D eigenvalue weighted by Gasteiger charge is 2.27. The van der Waals surface area contributed by atoms with E-state index in [1.165, 1.54) is 6.08 Å². The van der Waals surface area contributed by atoms with Crippen molar-refractivity contribution in [1.29, 1.82) is 0 Å². The van der Waals surface area contributed by atoms with Crippen LogP contribution in [-0.4, -0.2) is 31.8 Å². The highest BCUT2D eigenvalue weighted by Crippen LogP contribution is 2.32. The first-order valence-corrected chi connectivity index (χ1v) is 6.19. The summed E-state index contributed by atoms with van der Waals surface area (Å²) < 4.78 is 5.29. The van der Waals surface area contributed by atoms with E-state index in [4.69, 9.17) is 4.74 Å². The Bertz CT molecular complexity index is 356. The van der Waals surface area contributed by atoms with Crippen LogP contribution in [0, 0.1) is 5.41 Å². The molecule has 0 spiro atoms. The van der Waals surface area contributed by atoms with E-state index in [9.17, 15) is 9.59 Å². The summed E-state index contributed by atoms with van der Waals surface area (Å²) in [5.74, 6) is 0.184. The number of carbonyl (C=O) groups is 2. The molecule has 18 heavy (non-hydrogen) atoms. The molecule has 0 atom stereocenters. The second-order valence-corrected chi connectivity index (χ2v) is 5.22. The van der Waals surface area contributed by atoms with E-state index in [-0.39, 0.29) is 11.2 Å². The third-order valence-corrected chi connectivity index (χ3v) is 2.68. The summed E-state index contributed by atoms with van der Waals surface area (Å²) in [6, 6.07) is 0. The number of hydrogen-bond donors (Lipinski definition) is 1. The van der Waals surface area contributed by atoms with Gasteiger partial charge >= 0.3 is 0 Å². The van der Waals surface area contributed by atoms with Crippen molar-refractivity contribution < 1.29 is 14.3 Å². The van der Waals surface area contributed by atoms with E-state index in [1.54, 1.807) is 12.2 Å². The molecule has 100 valence electrons. The molecule has 0 saturated carbocycles. The quantitative estimate of drug-likeness (QED) is 0.424. The van der Waals surface area contributed by atoms with Crippen LogP contribution in [0.25, 0.3) is 0 Å². The zero-order valence-electron chi connectivity index (χ0n) is 11.1. The molecule has 0 heterocycles. The van der Waals surface area contributed by atoms with Gasteiger partial charge in [0.2, 0.25) is 0 Å². The van der Waals surface area contributed by atoms with Crippen LogP contribution in [0.1, 0.15) is 26.7 Å². The maximum atomic E-state index is 11.5. The minimum Gasteiger partial charge on any atom is -0.386 e. The van der Waals surface area contributed by atoms with Gasteiger partial charge in [-0.05, 0) is 17.9 Å². The number of ether oxygens (including phenoxy) is 1. The number of nitrogens with one attached hydrogen (secondary N) is 1. The van der Waals surface area contributed by atoms with Gasteiger partial charge in [0, 0.05) is 24.7 Å². The first-order chi connectivity index (χ1) is 8.53. The number of aldehydes is 1. The Kier molecular flexibility index (Phi) is 5.78. The van der Waals surface area contributed by atoms with Gasteiger partial charge in [0.25, 0.3) is 0 Å². The molecule has 0 amide bonds. The average molecular weight is 251 g/mol. The topological polar surface area (TPSA) is 55.4 Å². The van der Waals surface area contributed by atoms with Crippen LogP contribution in [-0.2, 0) is 14.3 Å². The molecule has 0 saturated heterocycles. The van der Waals surface area contributed by atoms with Gasteiger partial charge in [-0.25, -0.2) is 0 Å². The fourth-order valence-corrected chi connectivity index (χ4v) is 2.01. The Balaban J connectivity index is 2.21. The Morgan fingerprint density at radius 3 is 2.89 bits per heavy atom. The zero-order chi connectivity index (χ0) is 13.4. The van der Waals surface area contributed by atoms with E-state index >= 15 is 0 Å². The lowest BCUT2D eigenvalue weighted by molar-refractivity contribution is -0.117. The molecule has 0 aliphatic heterocycles. The first kappa shape index (κ1) is 14.6. The van der Waals surface area contributed by atoms with Crippen LogP contribution >= 0.6 is 0 Å². The second-order valence-electron chi connectivity index (χ2n) is 5.22. The lowest BCUT2D eigenvalue weighted by Gasteiger charge is -2.29. The van der Waals surface area contributed by atoms with E-state index in [0.717, 1.165) is 18.4 Å². The Morgan fingerprint density at radius 2 is 2.22 bits per heavy atom. The SMILES string of the molecule is CC1(C)CC(=O)C=C(NCCOC/C=C\C=O)C1. The fourth-order valence-electron chi connectivity index (χ4n) is 2.01. The molecular weight excluding hydrogens is 230 g/mol. The van der Waals surface area contributed by atoms with Gasteiger partial charge in [-0.2, -0.15) is 0 Å². The van der Waals surface area contributed by atoms with Crippen LogP contribution < -0.4 is 5.32 Å². The zero-order valence-corrected chi connectivity index (χ0v) is 11.1. The van der Waals surface area contributed by atoms with Crippen LogP contribution in [0.15, 0.2) is 23.9 Å². The van der Waals surface area contributed by atoms with E-state index in [0.29, 0.717) is 26.2 Å². The molecular formula is C14H21NO3. The summed E-state index contributed by atoms with van der Waals surface area (Å²) in [6.07, 6.45) is 7.01. The van der Waals surface area contributed by atoms with Gasteiger partial charge in [-0.3, -0.25) is 9.59 Å². The van der Waals surface area contributed by atoms with Crippen molar-refractivity contribution in [3.05, 3.63) is 23.9 Å². The summed E-state index contributed by atoms with van der Waals surface area (Å²) in [7, 11) is 0. The number of hydrogen-bond acceptors (Lipinski definition) is 4. The molecule has 4 nitrogen and oxygen atoms in total. The predicted octanol–water partition coefficient (Wildman–Crippen LogP) is 1.62. The van der Waals surface area contributed by atoms with Crippen LogP contribution in [0.4, 0.5) is 0 Å². The Morgan fingerprint density at radius 1 is 1.44 bits per heavy atom. The van der Waals surface area contributed by atoms with Gasteiger partial charge in [0.15, 0.2) is 5.78 Å². The maximum absolute atomic E-state index is 11.5. The summed E-state index contributed by atoms with van der Waals surface area (Å²) in [5, 5.41) is 3.22. The van der Waals surface area contributed by atoms with E-state index in [1.807, 2.05) is 0 Å². The maximum Gasteiger partial charge on any atom is 0.157 e. The van der Waals surface area contributed by atoms with Crippen molar-refractivity contribution in [3.8, 4) is 0 Å². The molecule has 0 radical (unpaired) electrons. The molecule has 0 aromatic carbocycles. The van der Waals surface area contributed by atoms with Gasteiger partial charge in [-0.15, -0.1) is 0 Å². The summed E-state index contributed by atoms with van der Waals surface area (Å²) >= 11 is 0. The van der Waals surface area contributed by atoms with Gasteiger partial charge in [-0.1, -0.05) is 19.9 Å². The monoisotopic (exact) mass is 251 g/mol. The van der Waals surface area contributed by atoms with Crippen molar-refractivity contribution in [1.82, 2.24) is 5.32 Å². The third-order valence-electron chi connectivity index (χ3n) is 2.68. The fraction of sp³-hybridized carbons (Fsp3) is 0.571. The lowest BCUT2D eigenvalue weighted by atomic mass is 9.79. The number of ketones is 1. The molecule has 1 N–H and O–H groups in total. The highest BCUT2D eigenvalue weighted by molar-refractivity contribution is 5.91. The second kappa shape index (κ2) is 7.11. The number of carbonyl (C=O) groups excluding carboxylic acids is 2. The largest absolute Gasteiger partial charge is 0.386 e. The molecule has 0 aromatic rings. The van der Waals surface area contributed by atoms with Crippen molar-refractivity contribution in [2.75, 3.05) is 19.8 Å². The highest BCUT2D eigenvalue weighted by atomic mass is 16.5. The summed E-state index contributed by atoms with van der Waals surface area (Å²) in [5.41, 5.74) is 1.03. The molecule has 4 heteroatoms. The molecule has 0 unspecified atom stereocenters. The average Bonchev–Trinajstić information content (AvgIpc) is 2.25. The van der Waals surface area contributed by atoms with E-state index < -0.39 is 0 Å². The van der Waals surface area contributed by atoms with Gasteiger partial charge < -0.3 is 10.1 Å². The van der Waals surface area contributed by atoms with Crippen molar-refractivity contribution in [2.24, 2.45) is 5.41 Å². The minimum atomic E-state index is 0.0434. The Hall–Kier alpha value is -1.42. The van der Waals surface area contributed by atoms with Crippen molar-refractivity contribution in [3.63, 3.8) is 0 Å².